The van der Waals surface area contributed by atoms with Crippen molar-refractivity contribution in [2.75, 3.05) is 18.0 Å². The molecule has 4 heteroatoms. The van der Waals surface area contributed by atoms with E-state index in [1.807, 2.05) is 6.20 Å². The second-order valence-electron chi connectivity index (χ2n) is 5.22. The molecule has 1 N–H and O–H groups in total. The second kappa shape index (κ2) is 6.53. The number of nitrogens with one attached hydrogen (secondary N) is 1. The molecule has 0 saturated carbocycles. The zero-order valence-electron chi connectivity index (χ0n) is 11.2. The maximum atomic E-state index is 4.62. The molecule has 0 aliphatic carbocycles. The molecule has 1 aromatic heterocycles. The van der Waals surface area contributed by atoms with Crippen LogP contribution >= 0.6 is 15.9 Å². The molecule has 2 heterocycles. The summed E-state index contributed by atoms with van der Waals surface area (Å²) in [4.78, 5) is 7.04. The van der Waals surface area contributed by atoms with E-state index in [-0.39, 0.29) is 0 Å². The minimum Gasteiger partial charge on any atom is -0.356 e. The zero-order chi connectivity index (χ0) is 13.0. The number of hydrogen-bond donors (Lipinski definition) is 1. The van der Waals surface area contributed by atoms with Crippen LogP contribution in [0, 0.1) is 0 Å². The molecule has 1 aliphatic heterocycles. The largest absolute Gasteiger partial charge is 0.356 e. The average Bonchev–Trinajstić information content (AvgIpc) is 2.37. The SMILES string of the molecule is CC(C)NCc1cc(Br)cnc1N1CCCCC1. The molecule has 100 valence electrons. The van der Waals surface area contributed by atoms with Crippen LogP contribution in [-0.2, 0) is 6.54 Å². The Balaban J connectivity index is 2.16. The van der Waals surface area contributed by atoms with Crippen LogP contribution < -0.4 is 10.2 Å². The number of anilines is 1. The van der Waals surface area contributed by atoms with Crippen LogP contribution in [0.1, 0.15) is 38.7 Å². The molecule has 2 rings (SSSR count). The Morgan fingerprint density at radius 2 is 2.06 bits per heavy atom. The first-order valence-electron chi connectivity index (χ1n) is 6.79. The molecule has 1 aromatic rings. The van der Waals surface area contributed by atoms with Crippen molar-refractivity contribution in [2.24, 2.45) is 0 Å². The van der Waals surface area contributed by atoms with Crippen molar-refractivity contribution in [3.05, 3.63) is 22.3 Å². The Labute approximate surface area is 118 Å². The standard InChI is InChI=1S/C14H22BrN3/c1-11(2)16-9-12-8-13(15)10-17-14(12)18-6-4-3-5-7-18/h8,10-11,16H,3-7,9H2,1-2H3. The number of pyridine rings is 1. The summed E-state index contributed by atoms with van der Waals surface area (Å²) < 4.78 is 1.06. The Morgan fingerprint density at radius 1 is 1.33 bits per heavy atom. The summed E-state index contributed by atoms with van der Waals surface area (Å²) in [6, 6.07) is 2.69. The van der Waals surface area contributed by atoms with E-state index in [9.17, 15) is 0 Å². The highest BCUT2D eigenvalue weighted by Gasteiger charge is 2.16. The molecule has 3 nitrogen and oxygen atoms in total. The van der Waals surface area contributed by atoms with Gasteiger partial charge in [-0.3, -0.25) is 0 Å². The summed E-state index contributed by atoms with van der Waals surface area (Å²) in [5.74, 6) is 1.16. The third kappa shape index (κ3) is 3.69. The number of piperidine rings is 1. The Kier molecular flexibility index (Phi) is 5.01. The lowest BCUT2D eigenvalue weighted by Crippen LogP contribution is -2.32. The van der Waals surface area contributed by atoms with E-state index in [1.54, 1.807) is 0 Å². The number of hydrogen-bond acceptors (Lipinski definition) is 3. The fourth-order valence-corrected chi connectivity index (χ4v) is 2.69. The molecular weight excluding hydrogens is 290 g/mol. The highest BCUT2D eigenvalue weighted by Crippen LogP contribution is 2.24. The van der Waals surface area contributed by atoms with Crippen LogP contribution in [0.3, 0.4) is 0 Å². The summed E-state index contributed by atoms with van der Waals surface area (Å²) in [5.41, 5.74) is 1.29. The topological polar surface area (TPSA) is 28.2 Å². The van der Waals surface area contributed by atoms with E-state index in [4.69, 9.17) is 0 Å². The van der Waals surface area contributed by atoms with Crippen molar-refractivity contribution in [3.8, 4) is 0 Å². The fourth-order valence-electron chi connectivity index (χ4n) is 2.31. The van der Waals surface area contributed by atoms with E-state index < -0.39 is 0 Å². The molecule has 1 aliphatic rings. The summed E-state index contributed by atoms with van der Waals surface area (Å²) in [6.07, 6.45) is 5.83. The van der Waals surface area contributed by atoms with Crippen molar-refractivity contribution >= 4 is 21.7 Å². The Hall–Kier alpha value is -0.610. The monoisotopic (exact) mass is 311 g/mol. The van der Waals surface area contributed by atoms with Crippen molar-refractivity contribution in [1.82, 2.24) is 10.3 Å². The molecule has 0 amide bonds. The van der Waals surface area contributed by atoms with Crippen LogP contribution in [0.25, 0.3) is 0 Å². The fraction of sp³-hybridized carbons (Fsp3) is 0.643. The molecule has 0 atom stereocenters. The van der Waals surface area contributed by atoms with Gasteiger partial charge in [-0.25, -0.2) is 4.98 Å². The van der Waals surface area contributed by atoms with Crippen LogP contribution in [0.5, 0.6) is 0 Å². The first kappa shape index (κ1) is 13.8. The number of rotatable bonds is 4. The van der Waals surface area contributed by atoms with Gasteiger partial charge in [0.2, 0.25) is 0 Å². The predicted molar refractivity (Wildman–Crippen MR) is 80.0 cm³/mol. The predicted octanol–water partition coefficient (Wildman–Crippen LogP) is 3.33. The average molecular weight is 312 g/mol. The van der Waals surface area contributed by atoms with Gasteiger partial charge in [0.1, 0.15) is 5.82 Å². The van der Waals surface area contributed by atoms with E-state index in [1.165, 1.54) is 24.8 Å². The normalized spacial score (nSPS) is 16.3. The van der Waals surface area contributed by atoms with Crippen molar-refractivity contribution in [2.45, 2.75) is 45.7 Å². The Morgan fingerprint density at radius 3 is 2.72 bits per heavy atom. The smallest absolute Gasteiger partial charge is 0.133 e. The van der Waals surface area contributed by atoms with Gasteiger partial charge >= 0.3 is 0 Å². The quantitative estimate of drug-likeness (QED) is 0.924. The summed E-state index contributed by atoms with van der Waals surface area (Å²) in [5, 5.41) is 3.48. The van der Waals surface area contributed by atoms with Gasteiger partial charge in [0.25, 0.3) is 0 Å². The van der Waals surface area contributed by atoms with E-state index >= 15 is 0 Å². The lowest BCUT2D eigenvalue weighted by molar-refractivity contribution is 0.561. The summed E-state index contributed by atoms with van der Waals surface area (Å²) >= 11 is 3.52. The first-order valence-corrected chi connectivity index (χ1v) is 7.59. The Bertz CT molecular complexity index is 387. The number of halogens is 1. The third-order valence-corrected chi connectivity index (χ3v) is 3.70. The molecule has 0 spiro atoms. The molecule has 0 bridgehead atoms. The summed E-state index contributed by atoms with van der Waals surface area (Å²) in [6.45, 7) is 7.51. The molecule has 0 unspecified atom stereocenters. The second-order valence-corrected chi connectivity index (χ2v) is 6.14. The van der Waals surface area contributed by atoms with Crippen LogP contribution in [0.15, 0.2) is 16.7 Å². The maximum Gasteiger partial charge on any atom is 0.133 e. The van der Waals surface area contributed by atoms with Crippen LogP contribution in [0.4, 0.5) is 5.82 Å². The minimum absolute atomic E-state index is 0.498. The van der Waals surface area contributed by atoms with Gasteiger partial charge < -0.3 is 10.2 Å². The highest BCUT2D eigenvalue weighted by molar-refractivity contribution is 9.10. The minimum atomic E-state index is 0.498. The van der Waals surface area contributed by atoms with Crippen molar-refractivity contribution < 1.29 is 0 Å². The highest BCUT2D eigenvalue weighted by atomic mass is 79.9. The van der Waals surface area contributed by atoms with Gasteiger partial charge in [0.05, 0.1) is 0 Å². The van der Waals surface area contributed by atoms with Gasteiger partial charge in [-0.15, -0.1) is 0 Å². The molecule has 18 heavy (non-hydrogen) atoms. The van der Waals surface area contributed by atoms with Gasteiger partial charge in [-0.05, 0) is 41.3 Å². The molecule has 1 saturated heterocycles. The zero-order valence-corrected chi connectivity index (χ0v) is 12.8. The van der Waals surface area contributed by atoms with Crippen molar-refractivity contribution in [3.63, 3.8) is 0 Å². The third-order valence-electron chi connectivity index (χ3n) is 3.27. The number of nitrogens with zero attached hydrogens (tertiary/aromatic N) is 2. The van der Waals surface area contributed by atoms with Gasteiger partial charge in [-0.2, -0.15) is 0 Å². The van der Waals surface area contributed by atoms with Gasteiger partial charge in [-0.1, -0.05) is 13.8 Å². The molecule has 0 radical (unpaired) electrons. The van der Waals surface area contributed by atoms with E-state index in [0.717, 1.165) is 29.9 Å². The number of aromatic nitrogens is 1. The van der Waals surface area contributed by atoms with Crippen molar-refractivity contribution in [1.29, 1.82) is 0 Å². The van der Waals surface area contributed by atoms with Gasteiger partial charge in [0, 0.05) is 41.9 Å². The lowest BCUT2D eigenvalue weighted by atomic mass is 10.1. The first-order chi connectivity index (χ1) is 8.66. The summed E-state index contributed by atoms with van der Waals surface area (Å²) in [7, 11) is 0. The molecule has 1 fully saturated rings. The van der Waals surface area contributed by atoms with Gasteiger partial charge in [0.15, 0.2) is 0 Å². The van der Waals surface area contributed by atoms with Crippen LogP contribution in [-0.4, -0.2) is 24.1 Å². The van der Waals surface area contributed by atoms with E-state index in [2.05, 4.69) is 51.0 Å². The maximum absolute atomic E-state index is 4.62. The van der Waals surface area contributed by atoms with E-state index in [0.29, 0.717) is 6.04 Å². The van der Waals surface area contributed by atoms with Crippen LogP contribution in [0.2, 0.25) is 0 Å². The lowest BCUT2D eigenvalue weighted by Gasteiger charge is -2.29. The molecular formula is C14H22BrN3. The molecule has 0 aromatic carbocycles.